The normalized spacial score (nSPS) is 17.8. The maximum atomic E-state index is 12.1. The van der Waals surface area contributed by atoms with Crippen LogP contribution in [0.1, 0.15) is 32.1 Å². The Morgan fingerprint density at radius 3 is 2.92 bits per heavy atom. The van der Waals surface area contributed by atoms with E-state index in [9.17, 15) is 4.79 Å². The summed E-state index contributed by atoms with van der Waals surface area (Å²) in [6.07, 6.45) is 1.95. The lowest BCUT2D eigenvalue weighted by molar-refractivity contribution is -0.133. The van der Waals surface area contributed by atoms with Crippen LogP contribution in [0.3, 0.4) is 0 Å². The summed E-state index contributed by atoms with van der Waals surface area (Å²) in [4.78, 5) is 20.0. The van der Waals surface area contributed by atoms with Gasteiger partial charge in [0.15, 0.2) is 5.96 Å². The molecule has 0 radical (unpaired) electrons. The summed E-state index contributed by atoms with van der Waals surface area (Å²) < 4.78 is 0. The van der Waals surface area contributed by atoms with Gasteiger partial charge in [0.25, 0.3) is 0 Å². The highest BCUT2D eigenvalue weighted by atomic mass is 127. The number of thiophene rings is 1. The van der Waals surface area contributed by atoms with Crippen LogP contribution in [0.2, 0.25) is 0 Å². The van der Waals surface area contributed by atoms with Crippen molar-refractivity contribution in [2.75, 3.05) is 26.2 Å². The summed E-state index contributed by atoms with van der Waals surface area (Å²) in [7, 11) is 0. The minimum atomic E-state index is 0. The minimum Gasteiger partial charge on any atom is -0.357 e. The van der Waals surface area contributed by atoms with Gasteiger partial charge in [0.1, 0.15) is 0 Å². The van der Waals surface area contributed by atoms with Crippen molar-refractivity contribution in [2.24, 2.45) is 10.9 Å². The van der Waals surface area contributed by atoms with Gasteiger partial charge in [0.2, 0.25) is 5.91 Å². The molecule has 7 heteroatoms. The Morgan fingerprint density at radius 2 is 2.29 bits per heavy atom. The van der Waals surface area contributed by atoms with Crippen LogP contribution in [0.15, 0.2) is 22.5 Å². The predicted molar refractivity (Wildman–Crippen MR) is 112 cm³/mol. The van der Waals surface area contributed by atoms with Crippen LogP contribution in [-0.2, 0) is 11.2 Å². The maximum absolute atomic E-state index is 12.1. The first-order chi connectivity index (χ1) is 11.1. The number of likely N-dealkylation sites (tertiary alicyclic amines) is 1. The molecule has 1 atom stereocenters. The van der Waals surface area contributed by atoms with Crippen molar-refractivity contribution in [2.45, 2.75) is 39.7 Å². The molecular formula is C17H29IN4OS. The van der Waals surface area contributed by atoms with E-state index in [0.717, 1.165) is 45.0 Å². The van der Waals surface area contributed by atoms with Crippen LogP contribution in [0, 0.1) is 5.92 Å². The van der Waals surface area contributed by atoms with E-state index < -0.39 is 0 Å². The van der Waals surface area contributed by atoms with Crippen molar-refractivity contribution in [3.8, 4) is 0 Å². The van der Waals surface area contributed by atoms with Crippen LogP contribution in [0.4, 0.5) is 0 Å². The smallest absolute Gasteiger partial charge is 0.225 e. The van der Waals surface area contributed by atoms with E-state index in [4.69, 9.17) is 0 Å². The SMILES string of the molecule is CCNC(=NCCc1cccs1)NC1CCN(C(=O)C(C)C)C1.I. The van der Waals surface area contributed by atoms with Crippen LogP contribution in [0.25, 0.3) is 0 Å². The van der Waals surface area contributed by atoms with E-state index in [1.54, 1.807) is 11.3 Å². The lowest BCUT2D eigenvalue weighted by Gasteiger charge is -2.20. The number of nitrogens with one attached hydrogen (secondary N) is 2. The molecule has 1 aromatic heterocycles. The molecule has 24 heavy (non-hydrogen) atoms. The number of nitrogens with zero attached hydrogens (tertiary/aromatic N) is 2. The van der Waals surface area contributed by atoms with Crippen molar-refractivity contribution in [1.29, 1.82) is 0 Å². The molecule has 1 fully saturated rings. The van der Waals surface area contributed by atoms with Crippen LogP contribution < -0.4 is 10.6 Å². The molecule has 0 spiro atoms. The molecule has 0 aliphatic carbocycles. The van der Waals surface area contributed by atoms with Crippen molar-refractivity contribution in [1.82, 2.24) is 15.5 Å². The van der Waals surface area contributed by atoms with Gasteiger partial charge in [-0.2, -0.15) is 0 Å². The maximum Gasteiger partial charge on any atom is 0.225 e. The molecule has 1 amide bonds. The highest BCUT2D eigenvalue weighted by molar-refractivity contribution is 14.0. The Kier molecular flexibility index (Phi) is 9.65. The second kappa shape index (κ2) is 10.9. The first kappa shape index (κ1) is 21.2. The van der Waals surface area contributed by atoms with E-state index in [-0.39, 0.29) is 41.8 Å². The first-order valence-electron chi connectivity index (χ1n) is 8.46. The highest BCUT2D eigenvalue weighted by Gasteiger charge is 2.27. The molecule has 1 unspecified atom stereocenters. The zero-order valence-corrected chi connectivity index (χ0v) is 17.9. The fraction of sp³-hybridized carbons (Fsp3) is 0.647. The zero-order valence-electron chi connectivity index (χ0n) is 14.7. The number of guanidine groups is 1. The second-order valence-corrected chi connectivity index (χ2v) is 7.19. The number of amides is 1. The van der Waals surface area contributed by atoms with Crippen molar-refractivity contribution >= 4 is 47.2 Å². The second-order valence-electron chi connectivity index (χ2n) is 6.16. The average Bonchev–Trinajstić information content (AvgIpc) is 3.18. The third-order valence-corrected chi connectivity index (χ3v) is 4.82. The van der Waals surface area contributed by atoms with Crippen molar-refractivity contribution < 1.29 is 4.79 Å². The predicted octanol–water partition coefficient (Wildman–Crippen LogP) is 2.72. The number of halogens is 1. The van der Waals surface area contributed by atoms with E-state index in [0.29, 0.717) is 0 Å². The molecule has 1 saturated heterocycles. The quantitative estimate of drug-likeness (QED) is 0.387. The Labute approximate surface area is 166 Å². The molecule has 136 valence electrons. The molecule has 5 nitrogen and oxygen atoms in total. The first-order valence-corrected chi connectivity index (χ1v) is 9.34. The molecule has 1 aliphatic rings. The summed E-state index contributed by atoms with van der Waals surface area (Å²) in [5, 5.41) is 8.86. The molecule has 0 saturated carbocycles. The molecule has 2 rings (SSSR count). The number of carbonyl (C=O) groups is 1. The van der Waals surface area contributed by atoms with Crippen molar-refractivity contribution in [3.63, 3.8) is 0 Å². The average molecular weight is 464 g/mol. The number of carbonyl (C=O) groups excluding carboxylic acids is 1. The number of hydrogen-bond acceptors (Lipinski definition) is 3. The fourth-order valence-corrected chi connectivity index (χ4v) is 3.39. The Hall–Kier alpha value is -0.830. The molecule has 0 aromatic carbocycles. The van der Waals surface area contributed by atoms with Gasteiger partial charge in [-0.15, -0.1) is 35.3 Å². The molecule has 2 heterocycles. The molecule has 2 N–H and O–H groups in total. The zero-order chi connectivity index (χ0) is 16.7. The lowest BCUT2D eigenvalue weighted by Crippen LogP contribution is -2.45. The largest absolute Gasteiger partial charge is 0.357 e. The topological polar surface area (TPSA) is 56.7 Å². The van der Waals surface area contributed by atoms with Crippen LogP contribution in [0.5, 0.6) is 0 Å². The van der Waals surface area contributed by atoms with Gasteiger partial charge in [-0.25, -0.2) is 0 Å². The summed E-state index contributed by atoms with van der Waals surface area (Å²) in [6.45, 7) is 9.21. The fourth-order valence-electron chi connectivity index (χ4n) is 2.69. The molecule has 1 aromatic rings. The summed E-state index contributed by atoms with van der Waals surface area (Å²) >= 11 is 1.77. The summed E-state index contributed by atoms with van der Waals surface area (Å²) in [5.74, 6) is 1.17. The van der Waals surface area contributed by atoms with E-state index in [1.165, 1.54) is 4.88 Å². The monoisotopic (exact) mass is 464 g/mol. The third-order valence-electron chi connectivity index (χ3n) is 3.89. The van der Waals surface area contributed by atoms with E-state index in [1.807, 2.05) is 18.7 Å². The Bertz CT molecular complexity index is 519. The highest BCUT2D eigenvalue weighted by Crippen LogP contribution is 2.13. The van der Waals surface area contributed by atoms with E-state index >= 15 is 0 Å². The standard InChI is InChI=1S/C17H28N4OS.HI/c1-4-18-17(19-9-7-15-6-5-11-23-15)20-14-8-10-21(12-14)16(22)13(2)3;/h5-6,11,13-14H,4,7-10,12H2,1-3H3,(H2,18,19,20);1H. The Balaban J connectivity index is 0.00000288. The summed E-state index contributed by atoms with van der Waals surface area (Å²) in [5.41, 5.74) is 0. The third kappa shape index (κ3) is 6.58. The molecule has 0 bridgehead atoms. The van der Waals surface area contributed by atoms with Gasteiger partial charge in [-0.3, -0.25) is 9.79 Å². The van der Waals surface area contributed by atoms with Gasteiger partial charge >= 0.3 is 0 Å². The minimum absolute atomic E-state index is 0. The summed E-state index contributed by atoms with van der Waals surface area (Å²) in [6, 6.07) is 4.51. The van der Waals surface area contributed by atoms with Gasteiger partial charge in [0, 0.05) is 49.4 Å². The molecular weight excluding hydrogens is 435 g/mol. The number of hydrogen-bond donors (Lipinski definition) is 2. The molecule has 1 aliphatic heterocycles. The van der Waals surface area contributed by atoms with Crippen LogP contribution >= 0.6 is 35.3 Å². The van der Waals surface area contributed by atoms with Gasteiger partial charge in [-0.1, -0.05) is 19.9 Å². The Morgan fingerprint density at radius 1 is 1.50 bits per heavy atom. The number of rotatable bonds is 6. The van der Waals surface area contributed by atoms with Gasteiger partial charge in [-0.05, 0) is 24.8 Å². The number of aliphatic imine (C=N–C) groups is 1. The van der Waals surface area contributed by atoms with Gasteiger partial charge in [0.05, 0.1) is 0 Å². The van der Waals surface area contributed by atoms with Crippen molar-refractivity contribution in [3.05, 3.63) is 22.4 Å². The van der Waals surface area contributed by atoms with E-state index in [2.05, 4.69) is 40.1 Å². The van der Waals surface area contributed by atoms with Gasteiger partial charge < -0.3 is 15.5 Å². The lowest BCUT2D eigenvalue weighted by atomic mass is 10.2. The van der Waals surface area contributed by atoms with Crippen LogP contribution in [-0.4, -0.2) is 49.0 Å².